The van der Waals surface area contributed by atoms with E-state index < -0.39 is 21.2 Å². The molecule has 0 atom stereocenters. The number of benzene rings is 1. The molecular formula is C18H17ClFN3O4S. The zero-order valence-corrected chi connectivity index (χ0v) is 16.5. The third-order valence-electron chi connectivity index (χ3n) is 4.78. The molecule has 148 valence electrons. The minimum atomic E-state index is -3.59. The smallest absolute Gasteiger partial charge is 0.256 e. The lowest BCUT2D eigenvalue weighted by Gasteiger charge is -2.30. The van der Waals surface area contributed by atoms with E-state index in [-0.39, 0.29) is 11.8 Å². The number of fused-ring (bicyclic) bond motifs is 2. The first-order valence-electron chi connectivity index (χ1n) is 8.57. The van der Waals surface area contributed by atoms with Crippen molar-refractivity contribution in [3.8, 4) is 5.75 Å². The van der Waals surface area contributed by atoms with Crippen LogP contribution in [0.5, 0.6) is 5.75 Å². The molecule has 3 heterocycles. The van der Waals surface area contributed by atoms with Crippen LogP contribution >= 0.6 is 11.6 Å². The molecule has 0 saturated carbocycles. The van der Waals surface area contributed by atoms with Crippen LogP contribution in [0, 0.1) is 5.82 Å². The van der Waals surface area contributed by atoms with E-state index in [0.717, 1.165) is 11.8 Å². The Labute approximate surface area is 165 Å². The van der Waals surface area contributed by atoms with Gasteiger partial charge in [-0.2, -0.15) is 0 Å². The number of aromatic amines is 1. The Morgan fingerprint density at radius 3 is 2.93 bits per heavy atom. The van der Waals surface area contributed by atoms with Crippen LogP contribution < -0.4 is 10.3 Å². The SMILES string of the molecule is CS(=O)(=O)c1nc2c(c(=O)[nH]1)CN(CC1=C(Cl)c3cc(F)ccc3OC1)CC2. The molecule has 1 aromatic heterocycles. The minimum Gasteiger partial charge on any atom is -0.488 e. The number of aromatic nitrogens is 2. The molecule has 0 amide bonds. The van der Waals surface area contributed by atoms with Crippen molar-refractivity contribution in [1.29, 1.82) is 0 Å². The van der Waals surface area contributed by atoms with Crippen molar-refractivity contribution < 1.29 is 17.5 Å². The molecule has 2 aliphatic rings. The molecule has 1 N–H and O–H groups in total. The molecule has 2 aliphatic heterocycles. The number of ether oxygens (including phenoxy) is 1. The lowest BCUT2D eigenvalue weighted by molar-refractivity contribution is 0.253. The van der Waals surface area contributed by atoms with Gasteiger partial charge in [0.1, 0.15) is 18.2 Å². The summed E-state index contributed by atoms with van der Waals surface area (Å²) in [4.78, 5) is 20.8. The summed E-state index contributed by atoms with van der Waals surface area (Å²) in [7, 11) is -3.59. The molecule has 7 nitrogen and oxygen atoms in total. The second kappa shape index (κ2) is 6.98. The quantitative estimate of drug-likeness (QED) is 0.753. The van der Waals surface area contributed by atoms with Crippen molar-refractivity contribution in [3.63, 3.8) is 0 Å². The van der Waals surface area contributed by atoms with E-state index in [1.165, 1.54) is 12.1 Å². The number of nitrogens with one attached hydrogen (secondary N) is 1. The van der Waals surface area contributed by atoms with E-state index in [9.17, 15) is 17.6 Å². The van der Waals surface area contributed by atoms with Crippen molar-refractivity contribution in [3.05, 3.63) is 56.8 Å². The van der Waals surface area contributed by atoms with E-state index in [1.807, 2.05) is 4.90 Å². The number of halogens is 2. The molecule has 0 saturated heterocycles. The van der Waals surface area contributed by atoms with Crippen LogP contribution in [0.25, 0.3) is 5.03 Å². The molecule has 0 fully saturated rings. The van der Waals surface area contributed by atoms with Crippen LogP contribution in [0.2, 0.25) is 0 Å². The lowest BCUT2D eigenvalue weighted by Crippen LogP contribution is -2.38. The maximum absolute atomic E-state index is 13.5. The van der Waals surface area contributed by atoms with Gasteiger partial charge >= 0.3 is 0 Å². The molecule has 2 aromatic rings. The van der Waals surface area contributed by atoms with E-state index in [0.29, 0.717) is 53.7 Å². The second-order valence-electron chi connectivity index (χ2n) is 6.88. The van der Waals surface area contributed by atoms with Crippen LogP contribution in [0.1, 0.15) is 16.8 Å². The van der Waals surface area contributed by atoms with Crippen LogP contribution in [-0.2, 0) is 22.8 Å². The standard InChI is InChI=1S/C18H17ClFN3O4S/c1-28(25,26)18-21-14-4-5-23(8-13(14)17(24)22-18)7-10-9-27-15-3-2-11(20)6-12(15)16(10)19/h2-3,6H,4-5,7-9H2,1H3,(H,21,22,24). The fraction of sp³-hybridized carbons (Fsp3) is 0.333. The van der Waals surface area contributed by atoms with Crippen molar-refractivity contribution in [2.75, 3.05) is 26.0 Å². The van der Waals surface area contributed by atoms with Gasteiger partial charge in [-0.15, -0.1) is 0 Å². The summed E-state index contributed by atoms with van der Waals surface area (Å²) >= 11 is 6.47. The molecule has 28 heavy (non-hydrogen) atoms. The third kappa shape index (κ3) is 3.57. The number of rotatable bonds is 3. The number of hydrogen-bond acceptors (Lipinski definition) is 6. The fourth-order valence-electron chi connectivity index (χ4n) is 3.37. The Kier molecular flexibility index (Phi) is 4.76. The number of H-pyrrole nitrogens is 1. The Bertz CT molecular complexity index is 1160. The van der Waals surface area contributed by atoms with E-state index in [4.69, 9.17) is 16.3 Å². The van der Waals surface area contributed by atoms with Crippen molar-refractivity contribution in [2.45, 2.75) is 18.1 Å². The molecule has 0 unspecified atom stereocenters. The van der Waals surface area contributed by atoms with Crippen molar-refractivity contribution in [1.82, 2.24) is 14.9 Å². The van der Waals surface area contributed by atoms with Gasteiger partial charge in [0.15, 0.2) is 0 Å². The Morgan fingerprint density at radius 1 is 1.39 bits per heavy atom. The van der Waals surface area contributed by atoms with Crippen molar-refractivity contribution >= 4 is 26.5 Å². The van der Waals surface area contributed by atoms with Crippen LogP contribution in [0.3, 0.4) is 0 Å². The molecule has 0 aliphatic carbocycles. The van der Waals surface area contributed by atoms with Gasteiger partial charge in [0.05, 0.1) is 16.3 Å². The zero-order valence-electron chi connectivity index (χ0n) is 15.0. The molecule has 0 bridgehead atoms. The Balaban J connectivity index is 1.59. The topological polar surface area (TPSA) is 92.4 Å². The number of sulfone groups is 1. The second-order valence-corrected chi connectivity index (χ2v) is 9.18. The Hall–Kier alpha value is -2.23. The first-order chi connectivity index (χ1) is 13.2. The van der Waals surface area contributed by atoms with Crippen LogP contribution in [0.15, 0.2) is 33.7 Å². The van der Waals surface area contributed by atoms with Crippen LogP contribution in [0.4, 0.5) is 4.39 Å². The van der Waals surface area contributed by atoms with Gasteiger partial charge < -0.3 is 4.74 Å². The predicted octanol–water partition coefficient (Wildman–Crippen LogP) is 1.71. The highest BCUT2D eigenvalue weighted by Gasteiger charge is 2.26. The molecule has 0 radical (unpaired) electrons. The summed E-state index contributed by atoms with van der Waals surface area (Å²) in [6, 6.07) is 4.20. The highest BCUT2D eigenvalue weighted by Crippen LogP contribution is 2.36. The summed E-state index contributed by atoms with van der Waals surface area (Å²) in [6.07, 6.45) is 1.45. The monoisotopic (exact) mass is 425 g/mol. The van der Waals surface area contributed by atoms with E-state index >= 15 is 0 Å². The lowest BCUT2D eigenvalue weighted by atomic mass is 10.0. The number of hydrogen-bond donors (Lipinski definition) is 1. The summed E-state index contributed by atoms with van der Waals surface area (Å²) in [5.74, 6) is 0.140. The summed E-state index contributed by atoms with van der Waals surface area (Å²) < 4.78 is 42.5. The zero-order chi connectivity index (χ0) is 20.1. The first kappa shape index (κ1) is 19.1. The van der Waals surface area contributed by atoms with E-state index in [1.54, 1.807) is 6.07 Å². The van der Waals surface area contributed by atoms with E-state index in [2.05, 4.69) is 9.97 Å². The van der Waals surface area contributed by atoms with Gasteiger partial charge in [-0.25, -0.2) is 17.8 Å². The number of nitrogens with zero attached hydrogens (tertiary/aromatic N) is 2. The molecule has 10 heteroatoms. The average molecular weight is 426 g/mol. The van der Waals surface area contributed by atoms with Crippen molar-refractivity contribution in [2.24, 2.45) is 0 Å². The van der Waals surface area contributed by atoms with Crippen LogP contribution in [-0.4, -0.2) is 49.2 Å². The van der Waals surface area contributed by atoms with Gasteiger partial charge in [0, 0.05) is 43.4 Å². The minimum absolute atomic E-state index is 0.280. The molecule has 4 rings (SSSR count). The van der Waals surface area contributed by atoms with Gasteiger partial charge in [-0.05, 0) is 18.2 Å². The molecular weight excluding hydrogens is 409 g/mol. The predicted molar refractivity (Wildman–Crippen MR) is 102 cm³/mol. The maximum atomic E-state index is 13.5. The fourth-order valence-corrected chi connectivity index (χ4v) is 4.19. The normalized spacial score (nSPS) is 17.1. The largest absolute Gasteiger partial charge is 0.488 e. The third-order valence-corrected chi connectivity index (χ3v) is 6.15. The van der Waals surface area contributed by atoms with Gasteiger partial charge in [-0.3, -0.25) is 14.7 Å². The van der Waals surface area contributed by atoms with Gasteiger partial charge in [0.2, 0.25) is 15.0 Å². The maximum Gasteiger partial charge on any atom is 0.256 e. The highest BCUT2D eigenvalue weighted by molar-refractivity contribution is 7.90. The summed E-state index contributed by atoms with van der Waals surface area (Å²) in [5, 5.41) is 0.140. The molecule has 0 spiro atoms. The summed E-state index contributed by atoms with van der Waals surface area (Å²) in [6.45, 7) is 1.62. The first-order valence-corrected chi connectivity index (χ1v) is 10.8. The summed E-state index contributed by atoms with van der Waals surface area (Å²) in [5.41, 5.74) is 1.78. The Morgan fingerprint density at radius 2 is 2.18 bits per heavy atom. The molecule has 1 aromatic carbocycles. The van der Waals surface area contributed by atoms with Gasteiger partial charge in [0.25, 0.3) is 5.56 Å². The highest BCUT2D eigenvalue weighted by atomic mass is 35.5. The van der Waals surface area contributed by atoms with Gasteiger partial charge in [-0.1, -0.05) is 11.6 Å². The average Bonchev–Trinajstić information content (AvgIpc) is 2.64.